The minimum absolute atomic E-state index is 0.0000451. The van der Waals surface area contributed by atoms with Gasteiger partial charge in [0.1, 0.15) is 6.61 Å². The average Bonchev–Trinajstić information content (AvgIpc) is 2.17. The Hall–Kier alpha value is -1.05. The Balaban J connectivity index is 3.22. The standard InChI is InChI=1S/C10H17NO3/c1-4-9(3)11-6-7-13-8-10(12)14-5-2/h1,9,11H,5-8H2,2-3H3. The first-order valence-corrected chi connectivity index (χ1v) is 4.63. The molecule has 4 heteroatoms. The van der Waals surface area contributed by atoms with Gasteiger partial charge in [-0.1, -0.05) is 5.92 Å². The van der Waals surface area contributed by atoms with Crippen LogP contribution in [-0.2, 0) is 14.3 Å². The highest BCUT2D eigenvalue weighted by Gasteiger charge is 2.00. The highest BCUT2D eigenvalue weighted by molar-refractivity contribution is 5.70. The van der Waals surface area contributed by atoms with Crippen molar-refractivity contribution in [3.63, 3.8) is 0 Å². The van der Waals surface area contributed by atoms with E-state index in [0.717, 1.165) is 0 Å². The fraction of sp³-hybridized carbons (Fsp3) is 0.700. The Kier molecular flexibility index (Phi) is 7.90. The molecular weight excluding hydrogens is 182 g/mol. The topological polar surface area (TPSA) is 47.6 Å². The second-order valence-corrected chi connectivity index (χ2v) is 2.70. The summed E-state index contributed by atoms with van der Waals surface area (Å²) in [5.41, 5.74) is 0. The van der Waals surface area contributed by atoms with Crippen LogP contribution in [0.5, 0.6) is 0 Å². The molecule has 0 aromatic heterocycles. The minimum atomic E-state index is -0.336. The van der Waals surface area contributed by atoms with E-state index in [1.807, 2.05) is 6.92 Å². The molecule has 0 spiro atoms. The lowest BCUT2D eigenvalue weighted by atomic mass is 10.3. The lowest BCUT2D eigenvalue weighted by molar-refractivity contribution is -0.148. The number of terminal acetylenes is 1. The molecule has 0 fully saturated rings. The van der Waals surface area contributed by atoms with Crippen molar-refractivity contribution in [2.24, 2.45) is 0 Å². The predicted octanol–water partition coefficient (Wildman–Crippen LogP) is 0.177. The zero-order chi connectivity index (χ0) is 10.8. The van der Waals surface area contributed by atoms with E-state index in [4.69, 9.17) is 11.2 Å². The van der Waals surface area contributed by atoms with E-state index in [0.29, 0.717) is 19.8 Å². The molecule has 1 unspecified atom stereocenters. The maximum Gasteiger partial charge on any atom is 0.332 e. The SMILES string of the molecule is C#CC(C)NCCOCC(=O)OCC. The van der Waals surface area contributed by atoms with Gasteiger partial charge < -0.3 is 14.8 Å². The van der Waals surface area contributed by atoms with Crippen LogP contribution >= 0.6 is 0 Å². The van der Waals surface area contributed by atoms with Crippen LogP contribution in [-0.4, -0.2) is 38.4 Å². The minimum Gasteiger partial charge on any atom is -0.464 e. The van der Waals surface area contributed by atoms with E-state index in [2.05, 4.69) is 16.0 Å². The summed E-state index contributed by atoms with van der Waals surface area (Å²) >= 11 is 0. The van der Waals surface area contributed by atoms with Crippen LogP contribution in [0.4, 0.5) is 0 Å². The Morgan fingerprint density at radius 1 is 1.64 bits per heavy atom. The van der Waals surface area contributed by atoms with Crippen LogP contribution < -0.4 is 5.32 Å². The number of carbonyl (C=O) groups excluding carboxylic acids is 1. The maximum atomic E-state index is 10.8. The molecule has 0 rings (SSSR count). The van der Waals surface area contributed by atoms with E-state index in [9.17, 15) is 4.79 Å². The van der Waals surface area contributed by atoms with E-state index in [-0.39, 0.29) is 18.6 Å². The highest BCUT2D eigenvalue weighted by atomic mass is 16.6. The van der Waals surface area contributed by atoms with E-state index in [1.165, 1.54) is 0 Å². The molecule has 0 bridgehead atoms. The monoisotopic (exact) mass is 199 g/mol. The van der Waals surface area contributed by atoms with Gasteiger partial charge in [0.2, 0.25) is 0 Å². The summed E-state index contributed by atoms with van der Waals surface area (Å²) in [4.78, 5) is 10.8. The molecular formula is C10H17NO3. The van der Waals surface area contributed by atoms with Crippen molar-refractivity contribution in [2.75, 3.05) is 26.4 Å². The molecule has 0 aromatic rings. The molecule has 0 amide bonds. The largest absolute Gasteiger partial charge is 0.464 e. The first-order chi connectivity index (χ1) is 6.70. The van der Waals surface area contributed by atoms with E-state index >= 15 is 0 Å². The van der Waals surface area contributed by atoms with Crippen molar-refractivity contribution < 1.29 is 14.3 Å². The number of hydrogen-bond acceptors (Lipinski definition) is 4. The average molecular weight is 199 g/mol. The number of ether oxygens (including phenoxy) is 2. The maximum absolute atomic E-state index is 10.8. The van der Waals surface area contributed by atoms with Gasteiger partial charge in [0, 0.05) is 6.54 Å². The summed E-state index contributed by atoms with van der Waals surface area (Å²) in [5, 5.41) is 3.02. The first kappa shape index (κ1) is 12.9. The molecule has 0 heterocycles. The van der Waals surface area contributed by atoms with Crippen LogP contribution in [0.2, 0.25) is 0 Å². The fourth-order valence-electron chi connectivity index (χ4n) is 0.765. The summed E-state index contributed by atoms with van der Waals surface area (Å²) in [6.45, 7) is 5.10. The molecule has 0 aliphatic rings. The molecule has 14 heavy (non-hydrogen) atoms. The van der Waals surface area contributed by atoms with Gasteiger partial charge in [0.05, 0.1) is 19.3 Å². The lowest BCUT2D eigenvalue weighted by Crippen LogP contribution is -2.28. The number of carbonyl (C=O) groups is 1. The van der Waals surface area contributed by atoms with Crippen molar-refractivity contribution in [3.8, 4) is 12.3 Å². The van der Waals surface area contributed by atoms with Gasteiger partial charge in [0.15, 0.2) is 0 Å². The van der Waals surface area contributed by atoms with Crippen molar-refractivity contribution in [1.29, 1.82) is 0 Å². The highest BCUT2D eigenvalue weighted by Crippen LogP contribution is 1.81. The van der Waals surface area contributed by atoms with Crippen molar-refractivity contribution in [2.45, 2.75) is 19.9 Å². The molecule has 1 atom stereocenters. The summed E-state index contributed by atoms with van der Waals surface area (Å²) in [5.74, 6) is 2.19. The van der Waals surface area contributed by atoms with Crippen molar-refractivity contribution in [1.82, 2.24) is 5.32 Å². The molecule has 0 aromatic carbocycles. The molecule has 4 nitrogen and oxygen atoms in total. The Morgan fingerprint density at radius 2 is 2.36 bits per heavy atom. The third-order valence-electron chi connectivity index (χ3n) is 1.47. The molecule has 0 saturated heterocycles. The van der Waals surface area contributed by atoms with Crippen LogP contribution in [0.1, 0.15) is 13.8 Å². The van der Waals surface area contributed by atoms with Crippen molar-refractivity contribution in [3.05, 3.63) is 0 Å². The quantitative estimate of drug-likeness (QED) is 0.361. The zero-order valence-electron chi connectivity index (χ0n) is 8.71. The summed E-state index contributed by atoms with van der Waals surface area (Å²) in [6.07, 6.45) is 5.15. The number of hydrogen-bond donors (Lipinski definition) is 1. The second-order valence-electron chi connectivity index (χ2n) is 2.70. The van der Waals surface area contributed by atoms with E-state index in [1.54, 1.807) is 6.92 Å². The van der Waals surface area contributed by atoms with E-state index < -0.39 is 0 Å². The van der Waals surface area contributed by atoms with Gasteiger partial charge in [-0.15, -0.1) is 6.42 Å². The molecule has 0 radical (unpaired) electrons. The Morgan fingerprint density at radius 3 is 2.93 bits per heavy atom. The molecule has 0 aliphatic heterocycles. The summed E-state index contributed by atoms with van der Waals surface area (Å²) in [6, 6.07) is 0.0289. The van der Waals surface area contributed by atoms with Gasteiger partial charge in [0.25, 0.3) is 0 Å². The fourth-order valence-corrected chi connectivity index (χ4v) is 0.765. The lowest BCUT2D eigenvalue weighted by Gasteiger charge is -2.07. The third-order valence-corrected chi connectivity index (χ3v) is 1.47. The third kappa shape index (κ3) is 7.59. The number of rotatable bonds is 7. The molecule has 80 valence electrons. The molecule has 0 saturated carbocycles. The first-order valence-electron chi connectivity index (χ1n) is 4.63. The summed E-state index contributed by atoms with van der Waals surface area (Å²) in [7, 11) is 0. The van der Waals surface area contributed by atoms with Crippen molar-refractivity contribution >= 4 is 5.97 Å². The Bertz CT molecular complexity index is 198. The van der Waals surface area contributed by atoms with Crippen LogP contribution in [0.3, 0.4) is 0 Å². The van der Waals surface area contributed by atoms with Gasteiger partial charge >= 0.3 is 5.97 Å². The predicted molar refractivity (Wildman–Crippen MR) is 53.7 cm³/mol. The van der Waals surface area contributed by atoms with Crippen LogP contribution in [0.25, 0.3) is 0 Å². The second kappa shape index (κ2) is 8.54. The zero-order valence-corrected chi connectivity index (χ0v) is 8.71. The summed E-state index contributed by atoms with van der Waals surface area (Å²) < 4.78 is 9.71. The molecule has 1 N–H and O–H groups in total. The molecule has 0 aliphatic carbocycles. The number of esters is 1. The normalized spacial score (nSPS) is 11.8. The van der Waals surface area contributed by atoms with Crippen LogP contribution in [0, 0.1) is 12.3 Å². The smallest absolute Gasteiger partial charge is 0.332 e. The van der Waals surface area contributed by atoms with Gasteiger partial charge in [-0.05, 0) is 13.8 Å². The number of nitrogens with one attached hydrogen (secondary N) is 1. The van der Waals surface area contributed by atoms with Crippen LogP contribution in [0.15, 0.2) is 0 Å². The van der Waals surface area contributed by atoms with Gasteiger partial charge in [-0.3, -0.25) is 0 Å². The Labute approximate surface area is 85.0 Å². The van der Waals surface area contributed by atoms with Gasteiger partial charge in [-0.25, -0.2) is 4.79 Å². The van der Waals surface area contributed by atoms with Gasteiger partial charge in [-0.2, -0.15) is 0 Å².